The predicted molar refractivity (Wildman–Crippen MR) is 93.3 cm³/mol. The minimum atomic E-state index is -0.397. The topological polar surface area (TPSA) is 75.8 Å². The number of methoxy groups -OCH3 is 1. The molecule has 3 N–H and O–H groups in total. The highest BCUT2D eigenvalue weighted by Gasteiger charge is 2.34. The summed E-state index contributed by atoms with van der Waals surface area (Å²) in [5.74, 6) is 0.983. The van der Waals surface area contributed by atoms with Crippen LogP contribution in [0.2, 0.25) is 0 Å². The molecule has 0 spiro atoms. The summed E-state index contributed by atoms with van der Waals surface area (Å²) < 4.78 is 4.82. The molecule has 1 aliphatic rings. The molecule has 0 aliphatic heterocycles. The molecule has 0 unspecified atom stereocenters. The Hall–Kier alpha value is -1.62. The third kappa shape index (κ3) is 3.56. The fraction of sp³-hybridized carbons (Fsp3) is 0.684. The largest absolute Gasteiger partial charge is 0.465 e. The summed E-state index contributed by atoms with van der Waals surface area (Å²) in [6.07, 6.45) is 3.69. The molecule has 1 aromatic heterocycles. The molecule has 0 radical (unpaired) electrons. The van der Waals surface area contributed by atoms with Gasteiger partial charge in [-0.3, -0.25) is 4.79 Å². The highest BCUT2D eigenvalue weighted by Crippen LogP contribution is 2.28. The van der Waals surface area contributed by atoms with Gasteiger partial charge in [-0.05, 0) is 51.5 Å². The quantitative estimate of drug-likeness (QED) is 0.641. The molecule has 0 aromatic carbocycles. The number of ketones is 1. The number of hydrogen-bond donors (Lipinski definition) is 2. The van der Waals surface area contributed by atoms with Crippen LogP contribution in [0.5, 0.6) is 0 Å². The van der Waals surface area contributed by atoms with Crippen LogP contribution < -0.4 is 5.32 Å². The normalized spacial score (nSPS) is 25.3. The maximum absolute atomic E-state index is 12.9. The fourth-order valence-corrected chi connectivity index (χ4v) is 3.99. The summed E-state index contributed by atoms with van der Waals surface area (Å²) in [4.78, 5) is 27.9. The Morgan fingerprint density at radius 1 is 1.25 bits per heavy atom. The smallest absolute Gasteiger partial charge is 0.339 e. The van der Waals surface area contributed by atoms with Gasteiger partial charge in [0.25, 0.3) is 0 Å². The van der Waals surface area contributed by atoms with Crippen LogP contribution in [0, 0.1) is 25.7 Å². The molecular formula is C19H31N2O3+. The second-order valence-electron chi connectivity index (χ2n) is 7.39. The highest BCUT2D eigenvalue weighted by atomic mass is 16.5. The lowest BCUT2D eigenvalue weighted by Crippen LogP contribution is -2.97. The number of esters is 1. The van der Waals surface area contributed by atoms with Crippen molar-refractivity contribution in [2.24, 2.45) is 11.8 Å². The SMILES string of the molecule is COC(=O)c1c(C)[nH]c(C(=O)[C@H](C)[NH2+][C@H]2CCC[C@H](C)[C@@H]2C)c1C. The second kappa shape index (κ2) is 7.51. The summed E-state index contributed by atoms with van der Waals surface area (Å²) in [5, 5.41) is 2.22. The van der Waals surface area contributed by atoms with Gasteiger partial charge in [0.2, 0.25) is 5.78 Å². The van der Waals surface area contributed by atoms with E-state index in [1.807, 2.05) is 6.92 Å². The van der Waals surface area contributed by atoms with Gasteiger partial charge >= 0.3 is 5.97 Å². The summed E-state index contributed by atoms with van der Waals surface area (Å²) in [5.41, 5.74) is 2.39. The van der Waals surface area contributed by atoms with Gasteiger partial charge in [0.1, 0.15) is 6.04 Å². The minimum Gasteiger partial charge on any atom is -0.465 e. The Morgan fingerprint density at radius 3 is 2.54 bits per heavy atom. The lowest BCUT2D eigenvalue weighted by atomic mass is 9.77. The number of H-pyrrole nitrogens is 1. The number of nitrogens with one attached hydrogen (secondary N) is 1. The predicted octanol–water partition coefficient (Wildman–Crippen LogP) is 2.38. The molecule has 1 heterocycles. The van der Waals surface area contributed by atoms with Crippen LogP contribution in [-0.2, 0) is 4.74 Å². The summed E-state index contributed by atoms with van der Waals surface area (Å²) >= 11 is 0. The summed E-state index contributed by atoms with van der Waals surface area (Å²) in [7, 11) is 1.36. The Balaban J connectivity index is 2.15. The van der Waals surface area contributed by atoms with Gasteiger partial charge in [-0.15, -0.1) is 0 Å². The van der Waals surface area contributed by atoms with E-state index < -0.39 is 5.97 Å². The maximum atomic E-state index is 12.9. The van der Waals surface area contributed by atoms with Gasteiger partial charge in [-0.1, -0.05) is 13.8 Å². The molecule has 1 aliphatic carbocycles. The van der Waals surface area contributed by atoms with Crippen molar-refractivity contribution in [2.75, 3.05) is 7.11 Å². The minimum absolute atomic E-state index is 0.0520. The Morgan fingerprint density at radius 2 is 1.92 bits per heavy atom. The third-order valence-corrected chi connectivity index (χ3v) is 5.79. The number of ether oxygens (including phenoxy) is 1. The average Bonchev–Trinajstić information content (AvgIpc) is 2.85. The highest BCUT2D eigenvalue weighted by molar-refractivity contribution is 6.03. The zero-order valence-corrected chi connectivity index (χ0v) is 15.7. The lowest BCUT2D eigenvalue weighted by Gasteiger charge is -2.33. The summed E-state index contributed by atoms with van der Waals surface area (Å²) in [6, 6.07) is 0.328. The van der Waals surface area contributed by atoms with E-state index in [1.165, 1.54) is 26.4 Å². The number of aromatic nitrogens is 1. The molecule has 5 nitrogen and oxygen atoms in total. The van der Waals surface area contributed by atoms with Gasteiger partial charge < -0.3 is 15.0 Å². The molecule has 1 fully saturated rings. The van der Waals surface area contributed by atoms with Crippen molar-refractivity contribution < 1.29 is 19.6 Å². The van der Waals surface area contributed by atoms with Gasteiger partial charge in [0.15, 0.2) is 0 Å². The number of rotatable bonds is 5. The van der Waals surface area contributed by atoms with E-state index >= 15 is 0 Å². The van der Waals surface area contributed by atoms with Crippen molar-refractivity contribution >= 4 is 11.8 Å². The zero-order chi connectivity index (χ0) is 18.0. The van der Waals surface area contributed by atoms with Crippen molar-refractivity contribution in [1.29, 1.82) is 0 Å². The Labute approximate surface area is 144 Å². The first-order valence-corrected chi connectivity index (χ1v) is 8.94. The molecule has 24 heavy (non-hydrogen) atoms. The van der Waals surface area contributed by atoms with Crippen LogP contribution in [0.15, 0.2) is 0 Å². The Bertz CT molecular complexity index is 620. The standard InChI is InChI=1S/C19H30N2O3/c1-10-8-7-9-15(11(10)2)20-14(5)18(22)17-12(3)16(13(4)21-17)19(23)24-6/h10-11,14-15,20-21H,7-9H2,1-6H3/p+1/t10-,11-,14-,15-/m0/s1. The Kier molecular flexibility index (Phi) is 5.86. The molecular weight excluding hydrogens is 304 g/mol. The first kappa shape index (κ1) is 18.7. The van der Waals surface area contributed by atoms with E-state index in [4.69, 9.17) is 4.74 Å². The number of nitrogens with two attached hydrogens (primary N) is 1. The molecule has 2 rings (SSSR count). The van der Waals surface area contributed by atoms with E-state index in [0.29, 0.717) is 40.4 Å². The molecule has 0 bridgehead atoms. The number of hydrogen-bond acceptors (Lipinski definition) is 3. The number of Topliss-reactive ketones (excluding diaryl/α,β-unsaturated/α-hetero) is 1. The number of carbonyl (C=O) groups excluding carboxylic acids is 2. The molecule has 0 saturated heterocycles. The van der Waals surface area contributed by atoms with Crippen LogP contribution in [0.3, 0.4) is 0 Å². The maximum Gasteiger partial charge on any atom is 0.339 e. The van der Waals surface area contributed by atoms with Crippen molar-refractivity contribution in [3.63, 3.8) is 0 Å². The fourth-order valence-electron chi connectivity index (χ4n) is 3.99. The lowest BCUT2D eigenvalue weighted by molar-refractivity contribution is -0.714. The van der Waals surface area contributed by atoms with Crippen LogP contribution >= 0.6 is 0 Å². The number of aryl methyl sites for hydroxylation is 1. The average molecular weight is 335 g/mol. The van der Waals surface area contributed by atoms with Gasteiger partial charge in [0, 0.05) is 11.6 Å². The van der Waals surface area contributed by atoms with Gasteiger partial charge in [0.05, 0.1) is 24.4 Å². The number of aromatic amines is 1. The van der Waals surface area contributed by atoms with E-state index in [0.717, 1.165) is 0 Å². The molecule has 5 heteroatoms. The first-order valence-electron chi connectivity index (χ1n) is 8.94. The summed E-state index contributed by atoms with van der Waals surface area (Å²) in [6.45, 7) is 10.2. The number of carbonyl (C=O) groups is 2. The van der Waals surface area contributed by atoms with Crippen LogP contribution in [0.25, 0.3) is 0 Å². The van der Waals surface area contributed by atoms with Crippen LogP contribution in [0.4, 0.5) is 0 Å². The van der Waals surface area contributed by atoms with Crippen molar-refractivity contribution in [2.45, 2.75) is 66.0 Å². The van der Waals surface area contributed by atoms with E-state index in [9.17, 15) is 9.59 Å². The zero-order valence-electron chi connectivity index (χ0n) is 15.7. The number of quaternary nitrogens is 1. The van der Waals surface area contributed by atoms with Gasteiger partial charge in [-0.2, -0.15) is 0 Å². The van der Waals surface area contributed by atoms with E-state index in [-0.39, 0.29) is 11.8 Å². The third-order valence-electron chi connectivity index (χ3n) is 5.79. The van der Waals surface area contributed by atoms with E-state index in [1.54, 1.807) is 13.8 Å². The van der Waals surface area contributed by atoms with Crippen molar-refractivity contribution in [3.8, 4) is 0 Å². The van der Waals surface area contributed by atoms with E-state index in [2.05, 4.69) is 24.1 Å². The molecule has 4 atom stereocenters. The van der Waals surface area contributed by atoms with Crippen LogP contribution in [0.1, 0.15) is 72.1 Å². The monoisotopic (exact) mass is 335 g/mol. The molecule has 0 amide bonds. The van der Waals surface area contributed by atoms with Gasteiger partial charge in [-0.25, -0.2) is 4.79 Å². The molecule has 1 saturated carbocycles. The first-order chi connectivity index (χ1) is 11.3. The second-order valence-corrected chi connectivity index (χ2v) is 7.39. The van der Waals surface area contributed by atoms with Crippen molar-refractivity contribution in [3.05, 3.63) is 22.5 Å². The van der Waals surface area contributed by atoms with Crippen molar-refractivity contribution in [1.82, 2.24) is 4.98 Å². The molecule has 134 valence electrons. The van der Waals surface area contributed by atoms with Crippen LogP contribution in [-0.4, -0.2) is 35.9 Å². The molecule has 1 aromatic rings.